The Morgan fingerprint density at radius 2 is 1.68 bits per heavy atom. The van der Waals surface area contributed by atoms with Crippen LogP contribution in [0.25, 0.3) is 0 Å². The standard InChI is InChI=1S/C26H27ClN2O4S/c1-18(2)16-22(19-8-4-3-5-9-19)28-26(30)25-17-29(23-10-6-7-11-24(23)33-25)34(31,32)21-14-12-20(27)13-15-21/h3-15,18,22,25H,16-17H2,1-2H3,(H,28,30)/t22-,25+/m0/s1. The lowest BCUT2D eigenvalue weighted by atomic mass is 9.96. The van der Waals surface area contributed by atoms with E-state index in [2.05, 4.69) is 19.2 Å². The van der Waals surface area contributed by atoms with Crippen LogP contribution in [0.2, 0.25) is 5.02 Å². The molecule has 2 atom stereocenters. The van der Waals surface area contributed by atoms with Crippen LogP contribution in [0.5, 0.6) is 5.75 Å². The van der Waals surface area contributed by atoms with E-state index < -0.39 is 16.1 Å². The second-order valence-electron chi connectivity index (χ2n) is 8.67. The van der Waals surface area contributed by atoms with Crippen molar-refractivity contribution in [2.45, 2.75) is 37.3 Å². The van der Waals surface area contributed by atoms with Crippen molar-refractivity contribution in [3.05, 3.63) is 89.4 Å². The normalized spacial score (nSPS) is 16.5. The molecule has 0 radical (unpaired) electrons. The number of nitrogens with zero attached hydrogens (tertiary/aromatic N) is 1. The molecule has 1 aliphatic heterocycles. The van der Waals surface area contributed by atoms with Crippen molar-refractivity contribution in [1.29, 1.82) is 0 Å². The number of carbonyl (C=O) groups excluding carboxylic acids is 1. The van der Waals surface area contributed by atoms with Crippen LogP contribution in [0.3, 0.4) is 0 Å². The first-order valence-corrected chi connectivity index (χ1v) is 13.0. The van der Waals surface area contributed by atoms with Crippen LogP contribution >= 0.6 is 11.6 Å². The van der Waals surface area contributed by atoms with E-state index >= 15 is 0 Å². The molecule has 0 bridgehead atoms. The van der Waals surface area contributed by atoms with E-state index in [9.17, 15) is 13.2 Å². The van der Waals surface area contributed by atoms with Crippen molar-refractivity contribution in [3.63, 3.8) is 0 Å². The number of hydrogen-bond acceptors (Lipinski definition) is 4. The molecule has 0 saturated heterocycles. The molecule has 0 aliphatic carbocycles. The van der Waals surface area contributed by atoms with Crippen molar-refractivity contribution in [2.75, 3.05) is 10.8 Å². The Hall–Kier alpha value is -3.03. The van der Waals surface area contributed by atoms with Crippen LogP contribution < -0.4 is 14.4 Å². The first-order chi connectivity index (χ1) is 16.3. The zero-order valence-electron chi connectivity index (χ0n) is 19.0. The highest BCUT2D eigenvalue weighted by atomic mass is 35.5. The number of halogens is 1. The molecule has 0 saturated carbocycles. The fraction of sp³-hybridized carbons (Fsp3) is 0.269. The number of rotatable bonds is 7. The van der Waals surface area contributed by atoms with Gasteiger partial charge in [-0.25, -0.2) is 8.42 Å². The summed E-state index contributed by atoms with van der Waals surface area (Å²) in [6.07, 6.45) is -0.262. The zero-order valence-corrected chi connectivity index (χ0v) is 20.6. The van der Waals surface area contributed by atoms with Crippen LogP contribution in [0.15, 0.2) is 83.8 Å². The largest absolute Gasteiger partial charge is 0.476 e. The van der Waals surface area contributed by atoms with E-state index in [0.29, 0.717) is 22.4 Å². The summed E-state index contributed by atoms with van der Waals surface area (Å²) in [7, 11) is -3.94. The minimum absolute atomic E-state index is 0.0923. The molecule has 1 amide bonds. The summed E-state index contributed by atoms with van der Waals surface area (Å²) in [6, 6.07) is 22.3. The van der Waals surface area contributed by atoms with Gasteiger partial charge in [-0.15, -0.1) is 0 Å². The number of ether oxygens (including phenoxy) is 1. The minimum Gasteiger partial charge on any atom is -0.476 e. The SMILES string of the molecule is CC(C)C[C@H](NC(=O)[C@H]1CN(S(=O)(=O)c2ccc(Cl)cc2)c2ccccc2O1)c1ccccc1. The summed E-state index contributed by atoms with van der Waals surface area (Å²) >= 11 is 5.95. The van der Waals surface area contributed by atoms with Crippen LogP contribution in [0.4, 0.5) is 5.69 Å². The zero-order chi connectivity index (χ0) is 24.3. The molecule has 0 fully saturated rings. The van der Waals surface area contributed by atoms with Crippen molar-refractivity contribution in [1.82, 2.24) is 5.32 Å². The topological polar surface area (TPSA) is 75.7 Å². The van der Waals surface area contributed by atoms with Crippen molar-refractivity contribution in [2.24, 2.45) is 5.92 Å². The summed E-state index contributed by atoms with van der Waals surface area (Å²) in [5.74, 6) is 0.326. The summed E-state index contributed by atoms with van der Waals surface area (Å²) < 4.78 is 34.2. The van der Waals surface area contributed by atoms with Gasteiger partial charge in [0, 0.05) is 5.02 Å². The Bertz CT molecular complexity index is 1250. The van der Waals surface area contributed by atoms with Crippen LogP contribution in [0.1, 0.15) is 31.9 Å². The number of carbonyl (C=O) groups is 1. The quantitative estimate of drug-likeness (QED) is 0.485. The molecule has 0 spiro atoms. The fourth-order valence-electron chi connectivity index (χ4n) is 4.00. The summed E-state index contributed by atoms with van der Waals surface area (Å²) in [6.45, 7) is 4.04. The predicted octanol–water partition coefficient (Wildman–Crippen LogP) is 5.20. The number of nitrogens with one attached hydrogen (secondary N) is 1. The third kappa shape index (κ3) is 5.21. The lowest BCUT2D eigenvalue weighted by molar-refractivity contribution is -0.128. The first-order valence-electron chi connectivity index (χ1n) is 11.1. The van der Waals surface area contributed by atoms with Crippen LogP contribution in [0, 0.1) is 5.92 Å². The molecule has 34 heavy (non-hydrogen) atoms. The average Bonchev–Trinajstić information content (AvgIpc) is 2.83. The minimum atomic E-state index is -3.94. The second kappa shape index (κ2) is 10.1. The summed E-state index contributed by atoms with van der Waals surface area (Å²) in [5, 5.41) is 3.52. The molecule has 1 N–H and O–H groups in total. The van der Waals surface area contributed by atoms with Gasteiger partial charge in [-0.05, 0) is 54.3 Å². The number of anilines is 1. The number of para-hydroxylation sites is 2. The van der Waals surface area contributed by atoms with Gasteiger partial charge < -0.3 is 10.1 Å². The Labute approximate surface area is 205 Å². The van der Waals surface area contributed by atoms with Gasteiger partial charge in [0.05, 0.1) is 23.2 Å². The van der Waals surface area contributed by atoms with Gasteiger partial charge in [-0.3, -0.25) is 9.10 Å². The van der Waals surface area contributed by atoms with Crippen molar-refractivity contribution in [3.8, 4) is 5.75 Å². The molecule has 0 unspecified atom stereocenters. The smallest absolute Gasteiger partial charge is 0.264 e. The van der Waals surface area contributed by atoms with E-state index in [-0.39, 0.29) is 23.4 Å². The van der Waals surface area contributed by atoms with Gasteiger partial charge in [0.1, 0.15) is 5.75 Å². The molecule has 0 aromatic heterocycles. The number of hydrogen-bond donors (Lipinski definition) is 1. The summed E-state index contributed by atoms with van der Waals surface area (Å²) in [5.41, 5.74) is 1.38. The van der Waals surface area contributed by atoms with Gasteiger partial charge in [-0.2, -0.15) is 0 Å². The van der Waals surface area contributed by atoms with Crippen LogP contribution in [-0.4, -0.2) is 27.0 Å². The molecular weight excluding hydrogens is 472 g/mol. The molecule has 1 aliphatic rings. The second-order valence-corrected chi connectivity index (χ2v) is 11.0. The lowest BCUT2D eigenvalue weighted by Gasteiger charge is -2.35. The lowest BCUT2D eigenvalue weighted by Crippen LogP contribution is -2.51. The van der Waals surface area contributed by atoms with Gasteiger partial charge in [0.15, 0.2) is 6.10 Å². The third-order valence-corrected chi connectivity index (χ3v) is 7.70. The van der Waals surface area contributed by atoms with Gasteiger partial charge in [-0.1, -0.05) is 67.9 Å². The van der Waals surface area contributed by atoms with Crippen LogP contribution in [-0.2, 0) is 14.8 Å². The van der Waals surface area contributed by atoms with Crippen molar-refractivity contribution < 1.29 is 17.9 Å². The molecule has 1 heterocycles. The maximum atomic E-state index is 13.5. The van der Waals surface area contributed by atoms with Crippen molar-refractivity contribution >= 4 is 33.2 Å². The first kappa shape index (κ1) is 24.1. The Kier molecular flexibility index (Phi) is 7.14. The Balaban J connectivity index is 1.63. The maximum Gasteiger partial charge on any atom is 0.264 e. The highest BCUT2D eigenvalue weighted by molar-refractivity contribution is 7.92. The molecule has 6 nitrogen and oxygen atoms in total. The summed E-state index contributed by atoms with van der Waals surface area (Å²) in [4.78, 5) is 13.4. The average molecular weight is 499 g/mol. The van der Waals surface area contributed by atoms with E-state index in [4.69, 9.17) is 16.3 Å². The van der Waals surface area contributed by atoms with E-state index in [1.165, 1.54) is 28.6 Å². The van der Waals surface area contributed by atoms with E-state index in [1.807, 2.05) is 30.3 Å². The molecule has 4 rings (SSSR count). The Morgan fingerprint density at radius 1 is 1.03 bits per heavy atom. The third-order valence-electron chi connectivity index (χ3n) is 5.65. The maximum absolute atomic E-state index is 13.5. The highest BCUT2D eigenvalue weighted by Gasteiger charge is 2.38. The Morgan fingerprint density at radius 3 is 2.35 bits per heavy atom. The number of sulfonamides is 1. The monoisotopic (exact) mass is 498 g/mol. The van der Waals surface area contributed by atoms with E-state index in [1.54, 1.807) is 24.3 Å². The van der Waals surface area contributed by atoms with E-state index in [0.717, 1.165) is 12.0 Å². The predicted molar refractivity (Wildman–Crippen MR) is 134 cm³/mol. The highest BCUT2D eigenvalue weighted by Crippen LogP contribution is 2.37. The molecule has 3 aromatic carbocycles. The number of benzene rings is 3. The van der Waals surface area contributed by atoms with Gasteiger partial charge in [0.25, 0.3) is 15.9 Å². The number of amides is 1. The molecule has 178 valence electrons. The molecular formula is C26H27ClN2O4S. The number of fused-ring (bicyclic) bond motifs is 1. The fourth-order valence-corrected chi connectivity index (χ4v) is 5.60. The van der Waals surface area contributed by atoms with Gasteiger partial charge in [0.2, 0.25) is 0 Å². The molecule has 8 heteroatoms. The van der Waals surface area contributed by atoms with Gasteiger partial charge >= 0.3 is 0 Å². The molecule has 3 aromatic rings.